The summed E-state index contributed by atoms with van der Waals surface area (Å²) in [5.74, 6) is -0.0239. The maximum atomic E-state index is 11.7. The number of benzene rings is 1. The molecule has 1 heterocycles. The van der Waals surface area contributed by atoms with Gasteiger partial charge in [-0.2, -0.15) is 0 Å². The highest BCUT2D eigenvalue weighted by molar-refractivity contribution is 7.99. The first-order chi connectivity index (χ1) is 12.1. The van der Waals surface area contributed by atoms with Crippen LogP contribution in [0.5, 0.6) is 0 Å². The van der Waals surface area contributed by atoms with E-state index in [1.807, 2.05) is 38.1 Å². The molecule has 0 unspecified atom stereocenters. The van der Waals surface area contributed by atoms with Gasteiger partial charge in [-0.05, 0) is 37.0 Å². The standard InChI is InChI=1S/C18H24N4O3S/c1-11(2)19-16(24)20-14(23)10-26-17-22-21-15(25-17)12-6-8-13(9-7-12)18(3,4)5/h6-9,11H,10H2,1-5H3,(H2,19,20,23,24). The Morgan fingerprint density at radius 1 is 1.15 bits per heavy atom. The van der Waals surface area contributed by atoms with E-state index in [-0.39, 0.29) is 22.4 Å². The van der Waals surface area contributed by atoms with Gasteiger partial charge in [-0.3, -0.25) is 10.1 Å². The lowest BCUT2D eigenvalue weighted by molar-refractivity contribution is -0.117. The average Bonchev–Trinajstić information content (AvgIpc) is 3.00. The molecule has 0 saturated heterocycles. The van der Waals surface area contributed by atoms with Crippen LogP contribution in [0.1, 0.15) is 40.2 Å². The molecular weight excluding hydrogens is 352 g/mol. The van der Waals surface area contributed by atoms with Gasteiger partial charge in [0.05, 0.1) is 5.75 Å². The molecule has 3 amide bonds. The predicted octanol–water partition coefficient (Wildman–Crippen LogP) is 3.36. The fraction of sp³-hybridized carbons (Fsp3) is 0.444. The third-order valence-electron chi connectivity index (χ3n) is 3.40. The lowest BCUT2D eigenvalue weighted by atomic mass is 9.87. The summed E-state index contributed by atoms with van der Waals surface area (Å²) in [5, 5.41) is 13.0. The Labute approximate surface area is 157 Å². The minimum absolute atomic E-state index is 0.0100. The average molecular weight is 376 g/mol. The van der Waals surface area contributed by atoms with Gasteiger partial charge in [0.25, 0.3) is 5.22 Å². The van der Waals surface area contributed by atoms with Crippen molar-refractivity contribution in [3.63, 3.8) is 0 Å². The number of amides is 3. The van der Waals surface area contributed by atoms with Crippen LogP contribution >= 0.6 is 11.8 Å². The zero-order valence-electron chi connectivity index (χ0n) is 15.6. The molecule has 1 aromatic carbocycles. The number of hydrogen-bond acceptors (Lipinski definition) is 6. The second-order valence-electron chi connectivity index (χ2n) is 7.17. The van der Waals surface area contributed by atoms with Gasteiger partial charge in [0.1, 0.15) is 0 Å². The molecule has 140 valence electrons. The lowest BCUT2D eigenvalue weighted by Crippen LogP contribution is -2.43. The molecule has 2 rings (SSSR count). The smallest absolute Gasteiger partial charge is 0.321 e. The van der Waals surface area contributed by atoms with Crippen molar-refractivity contribution in [2.75, 3.05) is 5.75 Å². The summed E-state index contributed by atoms with van der Waals surface area (Å²) in [7, 11) is 0. The fourth-order valence-electron chi connectivity index (χ4n) is 2.09. The molecule has 26 heavy (non-hydrogen) atoms. The Kier molecular flexibility index (Phi) is 6.42. The fourth-order valence-corrected chi connectivity index (χ4v) is 2.65. The topological polar surface area (TPSA) is 97.1 Å². The van der Waals surface area contributed by atoms with E-state index >= 15 is 0 Å². The SMILES string of the molecule is CC(C)NC(=O)NC(=O)CSc1nnc(-c2ccc(C(C)(C)C)cc2)o1. The Balaban J connectivity index is 1.91. The van der Waals surface area contributed by atoms with Crippen molar-refractivity contribution in [2.45, 2.75) is 51.3 Å². The molecule has 0 bridgehead atoms. The molecule has 0 saturated carbocycles. The van der Waals surface area contributed by atoms with Crippen LogP contribution in [0.3, 0.4) is 0 Å². The summed E-state index contributed by atoms with van der Waals surface area (Å²) in [4.78, 5) is 23.2. The van der Waals surface area contributed by atoms with E-state index < -0.39 is 11.9 Å². The highest BCUT2D eigenvalue weighted by Crippen LogP contribution is 2.27. The molecule has 7 nitrogen and oxygen atoms in total. The Bertz CT molecular complexity index is 763. The first kappa shape index (κ1) is 20.0. The van der Waals surface area contributed by atoms with E-state index in [1.54, 1.807) is 0 Å². The van der Waals surface area contributed by atoms with Crippen molar-refractivity contribution >= 4 is 23.7 Å². The Hall–Kier alpha value is -2.35. The van der Waals surface area contributed by atoms with Gasteiger partial charge in [-0.1, -0.05) is 44.7 Å². The van der Waals surface area contributed by atoms with Crippen LogP contribution in [0.15, 0.2) is 33.9 Å². The molecule has 2 aromatic rings. The summed E-state index contributed by atoms with van der Waals surface area (Å²) in [6.45, 7) is 10.1. The van der Waals surface area contributed by atoms with Crippen LogP contribution in [-0.4, -0.2) is 33.9 Å². The highest BCUT2D eigenvalue weighted by atomic mass is 32.2. The molecular formula is C18H24N4O3S. The molecule has 8 heteroatoms. The van der Waals surface area contributed by atoms with E-state index in [0.717, 1.165) is 17.3 Å². The third-order valence-corrected chi connectivity index (χ3v) is 4.22. The summed E-state index contributed by atoms with van der Waals surface area (Å²) in [5.41, 5.74) is 2.11. The normalized spacial score (nSPS) is 11.5. The van der Waals surface area contributed by atoms with Crippen LogP contribution in [0, 0.1) is 0 Å². The van der Waals surface area contributed by atoms with E-state index in [0.29, 0.717) is 5.89 Å². The molecule has 0 aliphatic heterocycles. The number of hydrogen-bond donors (Lipinski definition) is 2. The van der Waals surface area contributed by atoms with E-state index in [1.165, 1.54) is 5.56 Å². The molecule has 0 aliphatic carbocycles. The minimum atomic E-state index is -0.518. The summed E-state index contributed by atoms with van der Waals surface area (Å²) in [6, 6.07) is 7.38. The van der Waals surface area contributed by atoms with Crippen LogP contribution in [0.25, 0.3) is 11.5 Å². The van der Waals surface area contributed by atoms with Crippen molar-refractivity contribution < 1.29 is 14.0 Å². The van der Waals surface area contributed by atoms with E-state index in [2.05, 4.69) is 41.6 Å². The third kappa shape index (κ3) is 5.87. The first-order valence-corrected chi connectivity index (χ1v) is 9.31. The molecule has 0 fully saturated rings. The molecule has 0 atom stereocenters. The molecule has 0 radical (unpaired) electrons. The molecule has 2 N–H and O–H groups in total. The number of nitrogens with one attached hydrogen (secondary N) is 2. The van der Waals surface area contributed by atoms with Crippen molar-refractivity contribution in [1.29, 1.82) is 0 Å². The minimum Gasteiger partial charge on any atom is -0.411 e. The number of carbonyl (C=O) groups is 2. The van der Waals surface area contributed by atoms with Gasteiger partial charge in [0.2, 0.25) is 11.8 Å². The summed E-state index contributed by atoms with van der Waals surface area (Å²) < 4.78 is 5.58. The van der Waals surface area contributed by atoms with Crippen LogP contribution in [0.4, 0.5) is 4.79 Å². The largest absolute Gasteiger partial charge is 0.411 e. The number of imide groups is 1. The second kappa shape index (κ2) is 8.35. The van der Waals surface area contributed by atoms with E-state index in [4.69, 9.17) is 4.42 Å². The zero-order valence-corrected chi connectivity index (χ0v) is 16.4. The molecule has 1 aromatic heterocycles. The lowest BCUT2D eigenvalue weighted by Gasteiger charge is -2.18. The Morgan fingerprint density at radius 3 is 2.38 bits per heavy atom. The van der Waals surface area contributed by atoms with Crippen molar-refractivity contribution in [3.05, 3.63) is 29.8 Å². The number of thioether (sulfide) groups is 1. The maximum Gasteiger partial charge on any atom is 0.321 e. The molecule has 0 aliphatic rings. The van der Waals surface area contributed by atoms with Gasteiger partial charge in [0.15, 0.2) is 0 Å². The highest BCUT2D eigenvalue weighted by Gasteiger charge is 2.16. The number of urea groups is 1. The molecule has 0 spiro atoms. The number of rotatable bonds is 5. The van der Waals surface area contributed by atoms with Crippen molar-refractivity contribution in [1.82, 2.24) is 20.8 Å². The quantitative estimate of drug-likeness (QED) is 0.777. The van der Waals surface area contributed by atoms with Crippen LogP contribution < -0.4 is 10.6 Å². The maximum absolute atomic E-state index is 11.7. The second-order valence-corrected chi connectivity index (χ2v) is 8.09. The Morgan fingerprint density at radius 2 is 1.81 bits per heavy atom. The van der Waals surface area contributed by atoms with Crippen LogP contribution in [0.2, 0.25) is 0 Å². The van der Waals surface area contributed by atoms with Gasteiger partial charge in [0, 0.05) is 11.6 Å². The van der Waals surface area contributed by atoms with Crippen LogP contribution in [-0.2, 0) is 10.2 Å². The summed E-state index contributed by atoms with van der Waals surface area (Å²) >= 11 is 1.08. The number of aromatic nitrogens is 2. The van der Waals surface area contributed by atoms with Gasteiger partial charge < -0.3 is 9.73 Å². The first-order valence-electron chi connectivity index (χ1n) is 8.32. The van der Waals surface area contributed by atoms with Crippen molar-refractivity contribution in [3.8, 4) is 11.5 Å². The van der Waals surface area contributed by atoms with Gasteiger partial charge in [-0.25, -0.2) is 4.79 Å². The van der Waals surface area contributed by atoms with Gasteiger partial charge >= 0.3 is 6.03 Å². The van der Waals surface area contributed by atoms with Gasteiger partial charge in [-0.15, -0.1) is 10.2 Å². The number of nitrogens with zero attached hydrogens (tertiary/aromatic N) is 2. The zero-order chi connectivity index (χ0) is 19.3. The predicted molar refractivity (Wildman–Crippen MR) is 101 cm³/mol. The monoisotopic (exact) mass is 376 g/mol. The van der Waals surface area contributed by atoms with Crippen molar-refractivity contribution in [2.24, 2.45) is 0 Å². The number of carbonyl (C=O) groups excluding carboxylic acids is 2. The summed E-state index contributed by atoms with van der Waals surface area (Å²) in [6.07, 6.45) is 0. The van der Waals surface area contributed by atoms with E-state index in [9.17, 15) is 9.59 Å².